The topological polar surface area (TPSA) is 49.8 Å². The Morgan fingerprint density at radius 3 is 2.50 bits per heavy atom. The average Bonchev–Trinajstić information content (AvgIpc) is 2.85. The summed E-state index contributed by atoms with van der Waals surface area (Å²) in [5.74, 6) is -1.97. The summed E-state index contributed by atoms with van der Waals surface area (Å²) in [4.78, 5) is 13.4. The number of hydrogen-bond donors (Lipinski definition) is 1. The molecule has 0 bridgehead atoms. The fourth-order valence-electron chi connectivity index (χ4n) is 2.57. The number of aliphatic hydroxyl groups is 1. The van der Waals surface area contributed by atoms with Crippen LogP contribution in [0.4, 0.5) is 13.6 Å². The molecule has 2 rings (SSSR count). The molecule has 1 fully saturated rings. The van der Waals surface area contributed by atoms with E-state index in [0.717, 1.165) is 12.1 Å². The van der Waals surface area contributed by atoms with Gasteiger partial charge >= 0.3 is 6.09 Å². The van der Waals surface area contributed by atoms with Crippen molar-refractivity contribution in [3.05, 3.63) is 35.4 Å². The monoisotopic (exact) mass is 313 g/mol. The van der Waals surface area contributed by atoms with E-state index in [0.29, 0.717) is 13.0 Å². The van der Waals surface area contributed by atoms with Crippen molar-refractivity contribution in [1.82, 2.24) is 4.90 Å². The fourth-order valence-corrected chi connectivity index (χ4v) is 2.57. The fraction of sp³-hybridized carbons (Fsp3) is 0.562. The van der Waals surface area contributed by atoms with Gasteiger partial charge in [-0.3, -0.25) is 0 Å². The van der Waals surface area contributed by atoms with E-state index in [9.17, 15) is 18.7 Å². The lowest BCUT2D eigenvalue weighted by atomic mass is 9.94. The third-order valence-electron chi connectivity index (χ3n) is 3.62. The molecule has 1 aliphatic rings. The van der Waals surface area contributed by atoms with Crippen LogP contribution in [-0.4, -0.2) is 34.8 Å². The Labute approximate surface area is 128 Å². The van der Waals surface area contributed by atoms with E-state index in [2.05, 4.69) is 0 Å². The van der Waals surface area contributed by atoms with Gasteiger partial charge in [0.15, 0.2) is 0 Å². The molecule has 1 heterocycles. The van der Waals surface area contributed by atoms with Gasteiger partial charge in [-0.1, -0.05) is 6.07 Å². The lowest BCUT2D eigenvalue weighted by molar-refractivity contribution is 0.0266. The summed E-state index contributed by atoms with van der Waals surface area (Å²) in [5, 5.41) is 10.3. The van der Waals surface area contributed by atoms with Crippen LogP contribution in [0.25, 0.3) is 0 Å². The van der Waals surface area contributed by atoms with E-state index in [1.165, 1.54) is 11.0 Å². The molecular formula is C16H21F2NO3. The zero-order chi connectivity index (χ0) is 16.5. The number of nitrogens with zero attached hydrogens (tertiary/aromatic N) is 1. The number of carbonyl (C=O) groups is 1. The molecule has 122 valence electrons. The number of halogens is 2. The highest BCUT2D eigenvalue weighted by molar-refractivity contribution is 5.68. The van der Waals surface area contributed by atoms with Crippen molar-refractivity contribution in [2.45, 2.75) is 38.9 Å². The number of likely N-dealkylation sites (tertiary alicyclic amines) is 1. The quantitative estimate of drug-likeness (QED) is 0.912. The third kappa shape index (κ3) is 3.74. The Balaban J connectivity index is 2.05. The molecule has 1 N–H and O–H groups in total. The van der Waals surface area contributed by atoms with E-state index in [1.807, 2.05) is 0 Å². The van der Waals surface area contributed by atoms with Gasteiger partial charge in [0.1, 0.15) is 17.2 Å². The lowest BCUT2D eigenvalue weighted by Crippen LogP contribution is -2.35. The Hall–Kier alpha value is -1.69. The van der Waals surface area contributed by atoms with Crippen molar-refractivity contribution in [2.75, 3.05) is 13.1 Å². The Bertz CT molecular complexity index is 537. The highest BCUT2D eigenvalue weighted by Crippen LogP contribution is 2.33. The Morgan fingerprint density at radius 1 is 1.36 bits per heavy atom. The van der Waals surface area contributed by atoms with Crippen molar-refractivity contribution in [3.63, 3.8) is 0 Å². The van der Waals surface area contributed by atoms with Crippen LogP contribution in [0.5, 0.6) is 0 Å². The maximum atomic E-state index is 13.7. The van der Waals surface area contributed by atoms with Crippen LogP contribution >= 0.6 is 0 Å². The van der Waals surface area contributed by atoms with E-state index in [4.69, 9.17) is 4.74 Å². The average molecular weight is 313 g/mol. The molecule has 0 spiro atoms. The van der Waals surface area contributed by atoms with Gasteiger partial charge in [0, 0.05) is 19.0 Å². The van der Waals surface area contributed by atoms with Gasteiger partial charge in [0.2, 0.25) is 0 Å². The third-order valence-corrected chi connectivity index (χ3v) is 3.62. The molecule has 1 aromatic rings. The minimum atomic E-state index is -1.28. The number of ether oxygens (including phenoxy) is 1. The van der Waals surface area contributed by atoms with Crippen LogP contribution in [0.1, 0.15) is 38.9 Å². The molecule has 0 aliphatic carbocycles. The minimum absolute atomic E-state index is 0.212. The maximum Gasteiger partial charge on any atom is 0.410 e. The summed E-state index contributed by atoms with van der Waals surface area (Å²) < 4.78 is 32.7. The molecule has 4 nitrogen and oxygen atoms in total. The van der Waals surface area contributed by atoms with Gasteiger partial charge in [0.25, 0.3) is 0 Å². The summed E-state index contributed by atoms with van der Waals surface area (Å²) >= 11 is 0. The largest absolute Gasteiger partial charge is 0.444 e. The van der Waals surface area contributed by atoms with Crippen molar-refractivity contribution in [3.8, 4) is 0 Å². The zero-order valence-corrected chi connectivity index (χ0v) is 13.0. The first kappa shape index (κ1) is 16.7. The number of amides is 1. The highest BCUT2D eigenvalue weighted by atomic mass is 19.1. The number of hydrogen-bond acceptors (Lipinski definition) is 3. The molecular weight excluding hydrogens is 292 g/mol. The van der Waals surface area contributed by atoms with Crippen LogP contribution in [-0.2, 0) is 4.74 Å². The van der Waals surface area contributed by atoms with Gasteiger partial charge in [0.05, 0.1) is 11.7 Å². The molecule has 0 saturated carbocycles. The molecule has 1 saturated heterocycles. The second-order valence-corrected chi connectivity index (χ2v) is 6.56. The van der Waals surface area contributed by atoms with E-state index >= 15 is 0 Å². The molecule has 1 aliphatic heterocycles. The van der Waals surface area contributed by atoms with Crippen molar-refractivity contribution < 1.29 is 23.4 Å². The van der Waals surface area contributed by atoms with Crippen LogP contribution < -0.4 is 0 Å². The summed E-state index contributed by atoms with van der Waals surface area (Å²) in [6.45, 7) is 5.91. The number of rotatable bonds is 2. The first-order valence-electron chi connectivity index (χ1n) is 7.29. The predicted octanol–water partition coefficient (Wildman–Crippen LogP) is 3.26. The number of benzene rings is 1. The number of aliphatic hydroxyl groups excluding tert-OH is 1. The van der Waals surface area contributed by atoms with Crippen molar-refractivity contribution in [2.24, 2.45) is 5.92 Å². The van der Waals surface area contributed by atoms with E-state index in [-0.39, 0.29) is 12.1 Å². The van der Waals surface area contributed by atoms with Crippen LogP contribution in [0, 0.1) is 17.6 Å². The summed E-state index contributed by atoms with van der Waals surface area (Å²) in [7, 11) is 0. The van der Waals surface area contributed by atoms with Crippen molar-refractivity contribution >= 4 is 6.09 Å². The van der Waals surface area contributed by atoms with Crippen LogP contribution in [0.2, 0.25) is 0 Å². The molecule has 0 radical (unpaired) electrons. The summed E-state index contributed by atoms with van der Waals surface area (Å²) in [6, 6.07) is 3.48. The van der Waals surface area contributed by atoms with Crippen molar-refractivity contribution in [1.29, 1.82) is 0 Å². The number of carbonyl (C=O) groups excluding carboxylic acids is 1. The Kier molecular flexibility index (Phi) is 4.70. The van der Waals surface area contributed by atoms with E-state index in [1.54, 1.807) is 20.8 Å². The van der Waals surface area contributed by atoms with Gasteiger partial charge in [-0.25, -0.2) is 13.6 Å². The SMILES string of the molecule is CC(C)(C)OC(=O)N1CCC(C(O)c2c(F)cccc2F)C1. The minimum Gasteiger partial charge on any atom is -0.444 e. The molecule has 1 aromatic carbocycles. The lowest BCUT2D eigenvalue weighted by Gasteiger charge is -2.25. The zero-order valence-electron chi connectivity index (χ0n) is 13.0. The molecule has 2 atom stereocenters. The standard InChI is InChI=1S/C16H21F2NO3/c1-16(2,3)22-15(21)19-8-7-10(9-19)14(20)13-11(17)5-4-6-12(13)18/h4-6,10,14,20H,7-9H2,1-3H3. The first-order chi connectivity index (χ1) is 10.2. The van der Waals surface area contributed by atoms with Gasteiger partial charge < -0.3 is 14.7 Å². The summed E-state index contributed by atoms with van der Waals surface area (Å²) in [6.07, 6.45) is -1.29. The smallest absolute Gasteiger partial charge is 0.410 e. The normalized spacial score (nSPS) is 20.1. The van der Waals surface area contributed by atoms with Gasteiger partial charge in [-0.15, -0.1) is 0 Å². The van der Waals surface area contributed by atoms with Gasteiger partial charge in [-0.05, 0) is 39.3 Å². The maximum absolute atomic E-state index is 13.7. The molecule has 0 aromatic heterocycles. The molecule has 22 heavy (non-hydrogen) atoms. The second kappa shape index (κ2) is 6.20. The molecule has 2 unspecified atom stereocenters. The Morgan fingerprint density at radius 2 is 1.95 bits per heavy atom. The van der Waals surface area contributed by atoms with E-state index < -0.39 is 35.4 Å². The molecule has 1 amide bonds. The predicted molar refractivity (Wildman–Crippen MR) is 77.2 cm³/mol. The van der Waals surface area contributed by atoms with Crippen LogP contribution in [0.3, 0.4) is 0 Å². The molecule has 6 heteroatoms. The second-order valence-electron chi connectivity index (χ2n) is 6.56. The van der Waals surface area contributed by atoms with Crippen LogP contribution in [0.15, 0.2) is 18.2 Å². The summed E-state index contributed by atoms with van der Waals surface area (Å²) in [5.41, 5.74) is -0.940. The van der Waals surface area contributed by atoms with Gasteiger partial charge in [-0.2, -0.15) is 0 Å². The highest BCUT2D eigenvalue weighted by Gasteiger charge is 2.35. The first-order valence-corrected chi connectivity index (χ1v) is 7.29.